The highest BCUT2D eigenvalue weighted by atomic mass is 16.7. The fraction of sp³-hybridized carbons (Fsp3) is 0.946. The molecule has 0 aliphatic carbocycles. The molecule has 1 unspecified atom stereocenters. The highest BCUT2D eigenvalue weighted by Crippen LogP contribution is 2.28. The van der Waals surface area contributed by atoms with Crippen molar-refractivity contribution in [3.8, 4) is 0 Å². The Labute approximate surface area is 248 Å². The molecule has 0 aromatic heterocycles. The Balaban J connectivity index is 4.84. The maximum Gasteiger partial charge on any atom is 0.0821 e. The van der Waals surface area contributed by atoms with Crippen molar-refractivity contribution in [2.45, 2.75) is 207 Å². The van der Waals surface area contributed by atoms with Crippen LogP contribution < -0.4 is 0 Å². The van der Waals surface area contributed by atoms with Gasteiger partial charge in [0, 0.05) is 13.6 Å². The van der Waals surface area contributed by atoms with Gasteiger partial charge in [-0.05, 0) is 57.3 Å². The predicted octanol–water partition coefficient (Wildman–Crippen LogP) is 13.0. The minimum atomic E-state index is 0.398. The number of allylic oxidation sites excluding steroid dienone is 2. The first kappa shape index (κ1) is 38.7. The minimum absolute atomic E-state index is 0.398. The van der Waals surface area contributed by atoms with Crippen molar-refractivity contribution < 1.29 is 4.84 Å². The first-order valence-electron chi connectivity index (χ1n) is 18.2. The van der Waals surface area contributed by atoms with Crippen molar-refractivity contribution in [2.75, 3.05) is 13.6 Å². The number of nitrogens with zero attached hydrogens (tertiary/aromatic N) is 1. The Hall–Kier alpha value is -0.340. The first-order valence-corrected chi connectivity index (χ1v) is 18.2. The van der Waals surface area contributed by atoms with Gasteiger partial charge in [0.15, 0.2) is 0 Å². The molecule has 0 rings (SSSR count). The van der Waals surface area contributed by atoms with Crippen molar-refractivity contribution >= 4 is 0 Å². The van der Waals surface area contributed by atoms with E-state index in [1.54, 1.807) is 0 Å². The summed E-state index contributed by atoms with van der Waals surface area (Å²) in [5.74, 6) is 0.725. The summed E-state index contributed by atoms with van der Waals surface area (Å²) < 4.78 is 0. The van der Waals surface area contributed by atoms with Crippen LogP contribution in [0.1, 0.15) is 201 Å². The minimum Gasteiger partial charge on any atom is -0.296 e. The van der Waals surface area contributed by atoms with Gasteiger partial charge in [-0.1, -0.05) is 162 Å². The van der Waals surface area contributed by atoms with Crippen molar-refractivity contribution in [1.82, 2.24) is 5.06 Å². The van der Waals surface area contributed by atoms with Crippen LogP contribution >= 0.6 is 0 Å². The van der Waals surface area contributed by atoms with Crippen molar-refractivity contribution in [1.29, 1.82) is 0 Å². The number of hydrogen-bond acceptors (Lipinski definition) is 2. The van der Waals surface area contributed by atoms with E-state index in [1.165, 1.54) is 173 Å². The van der Waals surface area contributed by atoms with E-state index >= 15 is 0 Å². The smallest absolute Gasteiger partial charge is 0.0821 e. The molecule has 0 bridgehead atoms. The van der Waals surface area contributed by atoms with Gasteiger partial charge in [0.2, 0.25) is 0 Å². The molecule has 0 heterocycles. The second kappa shape index (κ2) is 32.2. The van der Waals surface area contributed by atoms with E-state index in [0.29, 0.717) is 6.10 Å². The van der Waals surface area contributed by atoms with E-state index < -0.39 is 0 Å². The Kier molecular flexibility index (Phi) is 31.9. The largest absolute Gasteiger partial charge is 0.296 e. The molecule has 0 aromatic carbocycles. The van der Waals surface area contributed by atoms with Crippen LogP contribution in [0.3, 0.4) is 0 Å². The third kappa shape index (κ3) is 27.6. The zero-order chi connectivity index (χ0) is 28.7. The molecular formula is C37H75NO. The molecule has 0 amide bonds. The van der Waals surface area contributed by atoms with Crippen LogP contribution in [0.4, 0.5) is 0 Å². The van der Waals surface area contributed by atoms with Crippen LogP contribution in [-0.4, -0.2) is 24.8 Å². The molecule has 0 saturated carbocycles. The van der Waals surface area contributed by atoms with Crippen LogP contribution in [0.15, 0.2) is 12.2 Å². The lowest BCUT2D eigenvalue weighted by Crippen LogP contribution is -2.33. The lowest BCUT2D eigenvalue weighted by atomic mass is 9.87. The van der Waals surface area contributed by atoms with Gasteiger partial charge < -0.3 is 0 Å². The van der Waals surface area contributed by atoms with Crippen molar-refractivity contribution in [2.24, 2.45) is 5.92 Å². The van der Waals surface area contributed by atoms with Gasteiger partial charge in [0.25, 0.3) is 0 Å². The molecule has 1 atom stereocenters. The summed E-state index contributed by atoms with van der Waals surface area (Å²) in [4.78, 5) is 6.73. The predicted molar refractivity (Wildman–Crippen MR) is 177 cm³/mol. The third-order valence-corrected chi connectivity index (χ3v) is 8.53. The summed E-state index contributed by atoms with van der Waals surface area (Å²) in [5, 5.41) is 2.18. The molecular weight excluding hydrogens is 474 g/mol. The van der Waals surface area contributed by atoms with E-state index in [0.717, 1.165) is 12.5 Å². The van der Waals surface area contributed by atoms with Gasteiger partial charge in [-0.25, -0.2) is 0 Å². The molecule has 0 aliphatic rings. The summed E-state index contributed by atoms with van der Waals surface area (Å²) in [6.45, 7) is 10.3. The lowest BCUT2D eigenvalue weighted by Gasteiger charge is -2.31. The van der Waals surface area contributed by atoms with E-state index in [9.17, 15) is 0 Å². The van der Waals surface area contributed by atoms with E-state index in [-0.39, 0.29) is 0 Å². The number of unbranched alkanes of at least 4 members (excludes halogenated alkanes) is 19. The molecule has 39 heavy (non-hydrogen) atoms. The molecule has 2 nitrogen and oxygen atoms in total. The zero-order valence-electron chi connectivity index (χ0n) is 28.0. The van der Waals surface area contributed by atoms with Gasteiger partial charge in [0.05, 0.1) is 6.10 Å². The zero-order valence-corrected chi connectivity index (χ0v) is 28.0. The van der Waals surface area contributed by atoms with Crippen molar-refractivity contribution in [3.63, 3.8) is 0 Å². The van der Waals surface area contributed by atoms with Crippen LogP contribution in [0.25, 0.3) is 0 Å². The Morgan fingerprint density at radius 3 is 1.36 bits per heavy atom. The number of hydrogen-bond donors (Lipinski definition) is 0. The quantitative estimate of drug-likeness (QED) is 0.0470. The van der Waals surface area contributed by atoms with Gasteiger partial charge in [0.1, 0.15) is 0 Å². The first-order chi connectivity index (χ1) is 19.2. The van der Waals surface area contributed by atoms with E-state index in [1.807, 2.05) is 0 Å². The highest BCUT2D eigenvalue weighted by Gasteiger charge is 2.23. The standard InChI is InChI=1S/C37H75NO/c1-6-10-14-17-20-23-26-29-32-36(33-30-27-24-21-18-15-11-7-2)37(39-38(5)35-13-9-4)34-31-28-25-22-19-16-12-8-3/h22,25,36-37H,6-21,23-24,26-35H2,1-5H3/b25-22-. The van der Waals surface area contributed by atoms with Crippen LogP contribution in [0.2, 0.25) is 0 Å². The van der Waals surface area contributed by atoms with Crippen LogP contribution in [-0.2, 0) is 4.84 Å². The summed E-state index contributed by atoms with van der Waals surface area (Å²) in [6, 6.07) is 0. The fourth-order valence-corrected chi connectivity index (χ4v) is 5.82. The van der Waals surface area contributed by atoms with Gasteiger partial charge in [-0.15, -0.1) is 0 Å². The van der Waals surface area contributed by atoms with E-state index in [4.69, 9.17) is 4.84 Å². The average molecular weight is 550 g/mol. The van der Waals surface area contributed by atoms with Crippen LogP contribution in [0.5, 0.6) is 0 Å². The molecule has 0 aromatic rings. The molecule has 0 radical (unpaired) electrons. The molecule has 0 aliphatic heterocycles. The molecule has 2 heteroatoms. The summed E-state index contributed by atoms with van der Waals surface area (Å²) in [7, 11) is 2.18. The van der Waals surface area contributed by atoms with Crippen LogP contribution in [0, 0.1) is 5.92 Å². The Morgan fingerprint density at radius 1 is 0.462 bits per heavy atom. The van der Waals surface area contributed by atoms with Gasteiger partial charge >= 0.3 is 0 Å². The molecule has 0 fully saturated rings. The molecule has 0 N–H and O–H groups in total. The summed E-state index contributed by atoms with van der Waals surface area (Å²) in [6.07, 6.45) is 42.1. The highest BCUT2D eigenvalue weighted by molar-refractivity contribution is 4.82. The second-order valence-electron chi connectivity index (χ2n) is 12.5. The maximum atomic E-state index is 6.73. The van der Waals surface area contributed by atoms with Gasteiger partial charge in [-0.2, -0.15) is 5.06 Å². The summed E-state index contributed by atoms with van der Waals surface area (Å²) in [5.41, 5.74) is 0. The third-order valence-electron chi connectivity index (χ3n) is 8.53. The Bertz CT molecular complexity index is 456. The maximum absolute atomic E-state index is 6.73. The normalized spacial score (nSPS) is 12.9. The lowest BCUT2D eigenvalue weighted by molar-refractivity contribution is -0.201. The fourth-order valence-electron chi connectivity index (χ4n) is 5.82. The topological polar surface area (TPSA) is 12.5 Å². The molecule has 0 saturated heterocycles. The number of hydroxylamine groups is 2. The van der Waals surface area contributed by atoms with Crippen molar-refractivity contribution in [3.05, 3.63) is 12.2 Å². The Morgan fingerprint density at radius 2 is 0.872 bits per heavy atom. The van der Waals surface area contributed by atoms with E-state index in [2.05, 4.69) is 52.0 Å². The van der Waals surface area contributed by atoms with Gasteiger partial charge in [-0.3, -0.25) is 4.84 Å². The molecule has 234 valence electrons. The second-order valence-corrected chi connectivity index (χ2v) is 12.5. The monoisotopic (exact) mass is 550 g/mol. The number of rotatable bonds is 32. The summed E-state index contributed by atoms with van der Waals surface area (Å²) >= 11 is 0. The average Bonchev–Trinajstić information content (AvgIpc) is 2.94. The SMILES string of the molecule is CCCCC/C=C\CCCC(ON(C)CCCC)C(CCCCCCCCCC)CCCCCCCCCC. The molecule has 0 spiro atoms.